The van der Waals surface area contributed by atoms with E-state index in [0.29, 0.717) is 0 Å². The predicted octanol–water partition coefficient (Wildman–Crippen LogP) is 2.15. The van der Waals surface area contributed by atoms with Crippen LogP contribution in [0.2, 0.25) is 0 Å². The van der Waals surface area contributed by atoms with Gasteiger partial charge in [0.05, 0.1) is 6.04 Å². The molecule has 4 nitrogen and oxygen atoms in total. The van der Waals surface area contributed by atoms with Gasteiger partial charge in [-0.1, -0.05) is 0 Å². The maximum absolute atomic E-state index is 12.3. The van der Waals surface area contributed by atoms with Crippen LogP contribution < -0.4 is 5.73 Å². The lowest BCUT2D eigenvalue weighted by Crippen LogP contribution is -2.48. The molecule has 1 atom stereocenters. The maximum atomic E-state index is 12.3. The Bertz CT molecular complexity index is 306. The first-order valence-corrected chi connectivity index (χ1v) is 9.22. The van der Waals surface area contributed by atoms with E-state index in [2.05, 4.69) is 6.26 Å². The van der Waals surface area contributed by atoms with Crippen molar-refractivity contribution in [2.75, 3.05) is 38.3 Å². The Balaban J connectivity index is 0.00000220. The third-order valence-corrected chi connectivity index (χ3v) is 5.38. The lowest BCUT2D eigenvalue weighted by Gasteiger charge is -2.38. The quantitative estimate of drug-likeness (QED) is 0.835. The number of carbonyl (C=O) groups excluding carboxylic acids is 1. The zero-order valence-electron chi connectivity index (χ0n) is 13.0. The van der Waals surface area contributed by atoms with Gasteiger partial charge in [-0.25, -0.2) is 0 Å². The molecule has 0 aromatic carbocycles. The Labute approximate surface area is 138 Å². The number of carbonyl (C=O) groups is 1. The number of hydrogen-bond donors (Lipinski definition) is 1. The van der Waals surface area contributed by atoms with Crippen molar-refractivity contribution in [1.82, 2.24) is 4.90 Å². The van der Waals surface area contributed by atoms with Gasteiger partial charge in [-0.15, -0.1) is 12.4 Å². The Morgan fingerprint density at radius 1 is 1.24 bits per heavy atom. The molecule has 0 radical (unpaired) electrons. The molecule has 0 aromatic heterocycles. The first-order chi connectivity index (χ1) is 9.72. The molecule has 0 bridgehead atoms. The number of thioether (sulfide) groups is 1. The molecule has 1 amide bonds. The van der Waals surface area contributed by atoms with Gasteiger partial charge in [0.25, 0.3) is 0 Å². The average Bonchev–Trinajstić information content (AvgIpc) is 2.53. The molecule has 2 aliphatic heterocycles. The highest BCUT2D eigenvalue weighted by Gasteiger charge is 2.30. The van der Waals surface area contributed by atoms with Gasteiger partial charge in [0.15, 0.2) is 0 Å². The fourth-order valence-electron chi connectivity index (χ4n) is 3.38. The Morgan fingerprint density at radius 2 is 1.81 bits per heavy atom. The van der Waals surface area contributed by atoms with Crippen LogP contribution >= 0.6 is 24.2 Å². The van der Waals surface area contributed by atoms with Crippen molar-refractivity contribution in [2.24, 2.45) is 17.6 Å². The summed E-state index contributed by atoms with van der Waals surface area (Å²) in [4.78, 5) is 14.2. The van der Waals surface area contributed by atoms with Gasteiger partial charge in [0, 0.05) is 26.3 Å². The lowest BCUT2D eigenvalue weighted by atomic mass is 9.80. The Kier molecular flexibility index (Phi) is 9.02. The summed E-state index contributed by atoms with van der Waals surface area (Å²) >= 11 is 1.75. The highest BCUT2D eigenvalue weighted by atomic mass is 35.5. The van der Waals surface area contributed by atoms with Crippen LogP contribution in [0.3, 0.4) is 0 Å². The van der Waals surface area contributed by atoms with Crippen molar-refractivity contribution in [3.8, 4) is 0 Å². The summed E-state index contributed by atoms with van der Waals surface area (Å²) in [5, 5.41) is 0. The summed E-state index contributed by atoms with van der Waals surface area (Å²) in [6, 6.07) is -0.304. The first kappa shape index (κ1) is 19.1. The summed E-state index contributed by atoms with van der Waals surface area (Å²) < 4.78 is 5.44. The Hall–Kier alpha value is 0.0300. The van der Waals surface area contributed by atoms with Crippen molar-refractivity contribution in [3.05, 3.63) is 0 Å². The van der Waals surface area contributed by atoms with Crippen LogP contribution in [0.15, 0.2) is 0 Å². The van der Waals surface area contributed by atoms with Crippen LogP contribution in [0, 0.1) is 11.8 Å². The number of amides is 1. The molecule has 0 saturated carbocycles. The second kappa shape index (κ2) is 9.93. The standard InChI is InChI=1S/C15H28N2O2S.ClH/c1-20-11-6-14(16)15(18)17-7-2-12(3-8-17)13-4-9-19-10-5-13;/h12-14H,2-11,16H2,1H3;1H. The number of nitrogens with zero attached hydrogens (tertiary/aromatic N) is 1. The molecular weight excluding hydrogens is 308 g/mol. The summed E-state index contributed by atoms with van der Waals surface area (Å²) in [5.74, 6) is 2.71. The van der Waals surface area contributed by atoms with Crippen LogP contribution in [0.25, 0.3) is 0 Å². The molecule has 2 rings (SSSR count). The summed E-state index contributed by atoms with van der Waals surface area (Å²) in [6.07, 6.45) is 7.53. The highest BCUT2D eigenvalue weighted by Crippen LogP contribution is 2.31. The molecule has 0 aliphatic carbocycles. The average molecular weight is 337 g/mol. The number of ether oxygens (including phenoxy) is 1. The summed E-state index contributed by atoms with van der Waals surface area (Å²) in [5.41, 5.74) is 5.99. The van der Waals surface area contributed by atoms with E-state index in [9.17, 15) is 4.79 Å². The molecule has 2 heterocycles. The van der Waals surface area contributed by atoms with Crippen LogP contribution in [-0.2, 0) is 9.53 Å². The van der Waals surface area contributed by atoms with E-state index in [0.717, 1.165) is 63.2 Å². The zero-order valence-corrected chi connectivity index (χ0v) is 14.6. The highest BCUT2D eigenvalue weighted by molar-refractivity contribution is 7.98. The van der Waals surface area contributed by atoms with Gasteiger partial charge in [0.2, 0.25) is 5.91 Å². The van der Waals surface area contributed by atoms with E-state index in [1.54, 1.807) is 11.8 Å². The third-order valence-electron chi connectivity index (χ3n) is 4.73. The first-order valence-electron chi connectivity index (χ1n) is 7.83. The monoisotopic (exact) mass is 336 g/mol. The summed E-state index contributed by atoms with van der Waals surface area (Å²) in [7, 11) is 0. The number of halogens is 1. The molecule has 0 aromatic rings. The van der Waals surface area contributed by atoms with E-state index >= 15 is 0 Å². The minimum atomic E-state index is -0.304. The largest absolute Gasteiger partial charge is 0.381 e. The number of nitrogens with two attached hydrogens (primary N) is 1. The van der Waals surface area contributed by atoms with E-state index in [4.69, 9.17) is 10.5 Å². The van der Waals surface area contributed by atoms with Gasteiger partial charge in [-0.3, -0.25) is 4.79 Å². The van der Waals surface area contributed by atoms with Crippen molar-refractivity contribution in [3.63, 3.8) is 0 Å². The van der Waals surface area contributed by atoms with Gasteiger partial charge in [0.1, 0.15) is 0 Å². The molecule has 21 heavy (non-hydrogen) atoms. The van der Waals surface area contributed by atoms with Gasteiger partial charge in [-0.2, -0.15) is 11.8 Å². The number of piperidine rings is 1. The third kappa shape index (κ3) is 5.62. The molecule has 1 unspecified atom stereocenters. The SMILES string of the molecule is CSCCC(N)C(=O)N1CCC(C2CCOCC2)CC1.Cl. The molecule has 0 spiro atoms. The number of likely N-dealkylation sites (tertiary alicyclic amines) is 1. The molecular formula is C15H29ClN2O2S. The number of hydrogen-bond acceptors (Lipinski definition) is 4. The second-order valence-electron chi connectivity index (χ2n) is 6.00. The smallest absolute Gasteiger partial charge is 0.239 e. The van der Waals surface area contributed by atoms with Crippen molar-refractivity contribution in [2.45, 2.75) is 38.1 Å². The predicted molar refractivity (Wildman–Crippen MR) is 91.1 cm³/mol. The Morgan fingerprint density at radius 3 is 2.38 bits per heavy atom. The van der Waals surface area contributed by atoms with Gasteiger partial charge < -0.3 is 15.4 Å². The van der Waals surface area contributed by atoms with Crippen LogP contribution in [0.5, 0.6) is 0 Å². The van der Waals surface area contributed by atoms with Crippen molar-refractivity contribution >= 4 is 30.1 Å². The van der Waals surface area contributed by atoms with E-state index in [1.807, 2.05) is 4.90 Å². The van der Waals surface area contributed by atoms with Crippen LogP contribution in [-0.4, -0.2) is 55.2 Å². The summed E-state index contributed by atoms with van der Waals surface area (Å²) in [6.45, 7) is 3.63. The van der Waals surface area contributed by atoms with E-state index in [1.165, 1.54) is 12.8 Å². The molecule has 2 fully saturated rings. The van der Waals surface area contributed by atoms with Gasteiger partial charge >= 0.3 is 0 Å². The van der Waals surface area contributed by atoms with Crippen LogP contribution in [0.4, 0.5) is 0 Å². The fourth-order valence-corrected chi connectivity index (χ4v) is 3.87. The van der Waals surface area contributed by atoms with Crippen molar-refractivity contribution < 1.29 is 9.53 Å². The van der Waals surface area contributed by atoms with Gasteiger partial charge in [-0.05, 0) is 55.9 Å². The maximum Gasteiger partial charge on any atom is 0.239 e. The molecule has 2 saturated heterocycles. The minimum absolute atomic E-state index is 0. The number of rotatable bonds is 5. The zero-order chi connectivity index (χ0) is 14.4. The van der Waals surface area contributed by atoms with E-state index in [-0.39, 0.29) is 24.4 Å². The fraction of sp³-hybridized carbons (Fsp3) is 0.933. The molecule has 6 heteroatoms. The molecule has 2 N–H and O–H groups in total. The van der Waals surface area contributed by atoms with E-state index < -0.39 is 0 Å². The molecule has 2 aliphatic rings. The second-order valence-corrected chi connectivity index (χ2v) is 6.99. The molecule has 124 valence electrons. The minimum Gasteiger partial charge on any atom is -0.381 e. The lowest BCUT2D eigenvalue weighted by molar-refractivity contribution is -0.134. The topological polar surface area (TPSA) is 55.6 Å². The normalized spacial score (nSPS) is 22.7. The van der Waals surface area contributed by atoms with Crippen LogP contribution in [0.1, 0.15) is 32.1 Å². The van der Waals surface area contributed by atoms with Crippen molar-refractivity contribution in [1.29, 1.82) is 0 Å².